The van der Waals surface area contributed by atoms with Crippen LogP contribution >= 0.6 is 0 Å². The third-order valence-electron chi connectivity index (χ3n) is 6.49. The van der Waals surface area contributed by atoms with Gasteiger partial charge in [-0.25, -0.2) is 4.98 Å². The molecular formula is C28H30N4O2. The number of carbonyl (C=O) groups excluding carboxylic acids is 1. The maximum Gasteiger partial charge on any atom is 0.246 e. The standard InChI is InChI=1S/C28H30N4O2/c1-3-34-27-18-22(8-10-26(27)31-19-21(2)29-20-31)9-11-28(33)30-15-13-24(14-16-30)32-17-12-23-6-4-5-7-25(23)32/h4-12,17-20,24H,3,13-16H2,1-2H3. The molecule has 4 aromatic rings. The van der Waals surface area contributed by atoms with E-state index in [9.17, 15) is 4.79 Å². The van der Waals surface area contributed by atoms with Crippen LogP contribution in [0, 0.1) is 6.92 Å². The molecule has 1 aliphatic heterocycles. The fourth-order valence-electron chi connectivity index (χ4n) is 4.73. The summed E-state index contributed by atoms with van der Waals surface area (Å²) in [5.74, 6) is 0.831. The summed E-state index contributed by atoms with van der Waals surface area (Å²) in [4.78, 5) is 19.1. The zero-order valence-corrected chi connectivity index (χ0v) is 19.7. The molecule has 2 aromatic carbocycles. The zero-order valence-electron chi connectivity index (χ0n) is 19.7. The van der Waals surface area contributed by atoms with Crippen LogP contribution < -0.4 is 4.74 Å². The van der Waals surface area contributed by atoms with Crippen molar-refractivity contribution in [1.82, 2.24) is 19.0 Å². The second kappa shape index (κ2) is 9.59. The molecule has 3 heterocycles. The highest BCUT2D eigenvalue weighted by molar-refractivity contribution is 5.92. The summed E-state index contributed by atoms with van der Waals surface area (Å²) in [6.45, 7) is 6.03. The van der Waals surface area contributed by atoms with Crippen molar-refractivity contribution in [3.63, 3.8) is 0 Å². The second-order valence-corrected chi connectivity index (χ2v) is 8.75. The van der Waals surface area contributed by atoms with Gasteiger partial charge in [0.2, 0.25) is 5.91 Å². The minimum atomic E-state index is 0.0584. The first kappa shape index (κ1) is 22.0. The number of ether oxygens (including phenoxy) is 1. The van der Waals surface area contributed by atoms with Crippen LogP contribution in [0.5, 0.6) is 5.75 Å². The van der Waals surface area contributed by atoms with E-state index in [1.165, 1.54) is 10.9 Å². The van der Waals surface area contributed by atoms with E-state index in [2.05, 4.69) is 46.1 Å². The molecule has 1 fully saturated rings. The maximum atomic E-state index is 12.9. The molecule has 0 spiro atoms. The molecule has 34 heavy (non-hydrogen) atoms. The van der Waals surface area contributed by atoms with Crippen molar-refractivity contribution in [2.24, 2.45) is 0 Å². The molecule has 5 rings (SSSR count). The minimum absolute atomic E-state index is 0.0584. The van der Waals surface area contributed by atoms with Gasteiger partial charge in [-0.2, -0.15) is 0 Å². The van der Waals surface area contributed by atoms with Crippen molar-refractivity contribution in [3.8, 4) is 11.4 Å². The average Bonchev–Trinajstić information content (AvgIpc) is 3.49. The van der Waals surface area contributed by atoms with Gasteiger partial charge in [0.1, 0.15) is 5.75 Å². The van der Waals surface area contributed by atoms with E-state index in [4.69, 9.17) is 4.74 Å². The molecule has 0 saturated carbocycles. The first-order chi connectivity index (χ1) is 16.6. The quantitative estimate of drug-likeness (QED) is 0.366. The van der Waals surface area contributed by atoms with E-state index in [1.807, 2.05) is 53.8 Å². The molecule has 1 aliphatic rings. The number of imidazole rings is 1. The summed E-state index contributed by atoms with van der Waals surface area (Å²) in [5.41, 5.74) is 4.09. The van der Waals surface area contributed by atoms with Crippen molar-refractivity contribution in [3.05, 3.63) is 84.6 Å². The highest BCUT2D eigenvalue weighted by Gasteiger charge is 2.23. The number of hydrogen-bond donors (Lipinski definition) is 0. The van der Waals surface area contributed by atoms with Gasteiger partial charge in [-0.15, -0.1) is 0 Å². The van der Waals surface area contributed by atoms with Crippen LogP contribution in [0.4, 0.5) is 0 Å². The van der Waals surface area contributed by atoms with Gasteiger partial charge >= 0.3 is 0 Å². The normalized spacial score (nSPS) is 14.8. The van der Waals surface area contributed by atoms with Crippen LogP contribution in [0.3, 0.4) is 0 Å². The van der Waals surface area contributed by atoms with E-state index in [1.54, 1.807) is 12.4 Å². The summed E-state index contributed by atoms with van der Waals surface area (Å²) in [6, 6.07) is 17.1. The molecule has 0 unspecified atom stereocenters. The number of fused-ring (bicyclic) bond motifs is 1. The molecule has 174 valence electrons. The lowest BCUT2D eigenvalue weighted by Crippen LogP contribution is -2.38. The average molecular weight is 455 g/mol. The van der Waals surface area contributed by atoms with Gasteiger partial charge in [0.05, 0.1) is 24.3 Å². The molecule has 2 aromatic heterocycles. The summed E-state index contributed by atoms with van der Waals surface area (Å²) in [6.07, 6.45) is 11.4. The summed E-state index contributed by atoms with van der Waals surface area (Å²) < 4.78 is 10.2. The van der Waals surface area contributed by atoms with E-state index < -0.39 is 0 Å². The number of aryl methyl sites for hydroxylation is 1. The molecule has 6 nitrogen and oxygen atoms in total. The molecule has 0 radical (unpaired) electrons. The van der Waals surface area contributed by atoms with Crippen molar-refractivity contribution in [2.75, 3.05) is 19.7 Å². The fraction of sp³-hybridized carbons (Fsp3) is 0.286. The van der Waals surface area contributed by atoms with Gasteiger partial charge in [0.25, 0.3) is 0 Å². The van der Waals surface area contributed by atoms with Crippen LogP contribution in [0.15, 0.2) is 73.3 Å². The van der Waals surface area contributed by atoms with Crippen molar-refractivity contribution in [2.45, 2.75) is 32.7 Å². The molecule has 6 heteroatoms. The number of piperidine rings is 1. The lowest BCUT2D eigenvalue weighted by atomic mass is 10.0. The monoisotopic (exact) mass is 454 g/mol. The van der Waals surface area contributed by atoms with Crippen molar-refractivity contribution < 1.29 is 9.53 Å². The Morgan fingerprint density at radius 1 is 1.15 bits per heavy atom. The topological polar surface area (TPSA) is 52.3 Å². The maximum absolute atomic E-state index is 12.9. The Labute approximate surface area is 200 Å². The van der Waals surface area contributed by atoms with E-state index in [0.29, 0.717) is 12.6 Å². The Morgan fingerprint density at radius 2 is 1.97 bits per heavy atom. The number of para-hydroxylation sites is 1. The highest BCUT2D eigenvalue weighted by Crippen LogP contribution is 2.28. The van der Waals surface area contributed by atoms with Crippen LogP contribution in [-0.2, 0) is 4.79 Å². The van der Waals surface area contributed by atoms with Crippen molar-refractivity contribution in [1.29, 1.82) is 0 Å². The Balaban J connectivity index is 1.24. The molecule has 0 N–H and O–H groups in total. The molecule has 0 aliphatic carbocycles. The molecule has 1 amide bonds. The van der Waals surface area contributed by atoms with Gasteiger partial charge in [0, 0.05) is 43.1 Å². The Kier molecular flexibility index (Phi) is 6.21. The Hall–Kier alpha value is -3.80. The summed E-state index contributed by atoms with van der Waals surface area (Å²) >= 11 is 0. The Bertz CT molecular complexity index is 1330. The Morgan fingerprint density at radius 3 is 2.74 bits per heavy atom. The highest BCUT2D eigenvalue weighted by atomic mass is 16.5. The number of hydrogen-bond acceptors (Lipinski definition) is 3. The van der Waals surface area contributed by atoms with Gasteiger partial charge in [-0.3, -0.25) is 4.79 Å². The number of amides is 1. The zero-order chi connectivity index (χ0) is 23.5. The fourth-order valence-corrected chi connectivity index (χ4v) is 4.73. The number of nitrogens with zero attached hydrogens (tertiary/aromatic N) is 4. The number of likely N-dealkylation sites (tertiary alicyclic amines) is 1. The predicted octanol–water partition coefficient (Wildman–Crippen LogP) is 5.41. The van der Waals surface area contributed by atoms with E-state index >= 15 is 0 Å². The first-order valence-electron chi connectivity index (χ1n) is 11.9. The smallest absolute Gasteiger partial charge is 0.246 e. The van der Waals surface area contributed by atoms with Gasteiger partial charge in [-0.1, -0.05) is 24.3 Å². The number of carbonyl (C=O) groups is 1. The largest absolute Gasteiger partial charge is 0.492 e. The van der Waals surface area contributed by atoms with E-state index in [0.717, 1.165) is 48.6 Å². The number of rotatable bonds is 6. The number of aromatic nitrogens is 3. The van der Waals surface area contributed by atoms with Crippen LogP contribution in [0.25, 0.3) is 22.7 Å². The summed E-state index contributed by atoms with van der Waals surface area (Å²) in [5, 5.41) is 1.27. The third kappa shape index (κ3) is 4.49. The van der Waals surface area contributed by atoms with Crippen LogP contribution in [0.1, 0.15) is 37.1 Å². The second-order valence-electron chi connectivity index (χ2n) is 8.75. The van der Waals surface area contributed by atoms with Crippen LogP contribution in [0.2, 0.25) is 0 Å². The number of benzene rings is 2. The minimum Gasteiger partial charge on any atom is -0.492 e. The molecular weight excluding hydrogens is 424 g/mol. The van der Waals surface area contributed by atoms with E-state index in [-0.39, 0.29) is 5.91 Å². The van der Waals surface area contributed by atoms with Gasteiger partial charge in [0.15, 0.2) is 0 Å². The van der Waals surface area contributed by atoms with Gasteiger partial charge in [-0.05, 0) is 68.0 Å². The van der Waals surface area contributed by atoms with Crippen LogP contribution in [-0.4, -0.2) is 44.6 Å². The lowest BCUT2D eigenvalue weighted by molar-refractivity contribution is -0.127. The summed E-state index contributed by atoms with van der Waals surface area (Å²) in [7, 11) is 0. The van der Waals surface area contributed by atoms with Crippen molar-refractivity contribution >= 4 is 22.9 Å². The lowest BCUT2D eigenvalue weighted by Gasteiger charge is -2.32. The molecule has 1 saturated heterocycles. The third-order valence-corrected chi connectivity index (χ3v) is 6.49. The predicted molar refractivity (Wildman–Crippen MR) is 135 cm³/mol. The molecule has 0 atom stereocenters. The SMILES string of the molecule is CCOc1cc(C=CC(=O)N2CCC(n3ccc4ccccc43)CC2)ccc1-n1cnc(C)c1. The molecule has 0 bridgehead atoms. The van der Waals surface area contributed by atoms with Gasteiger partial charge < -0.3 is 18.8 Å². The first-order valence-corrected chi connectivity index (χ1v) is 11.9.